The average molecular weight is 323 g/mol. The topological polar surface area (TPSA) is 71.2 Å². The van der Waals surface area contributed by atoms with Crippen LogP contribution < -0.4 is 5.32 Å². The molecule has 0 radical (unpaired) electrons. The van der Waals surface area contributed by atoms with E-state index >= 15 is 0 Å². The highest BCUT2D eigenvalue weighted by atomic mass is 16.5. The lowest BCUT2D eigenvalue weighted by Crippen LogP contribution is -2.42. The molecule has 124 valence electrons. The number of rotatable bonds is 6. The summed E-state index contributed by atoms with van der Waals surface area (Å²) in [6.07, 6.45) is 0. The molecular weight excluding hydrogens is 302 g/mol. The van der Waals surface area contributed by atoms with Crippen molar-refractivity contribution in [2.24, 2.45) is 0 Å². The molecule has 0 saturated heterocycles. The SMILES string of the molecule is Cc1ccccc1-c1noc(CN[C@@](C)(CO)c2ccccc2)n1. The predicted molar refractivity (Wildman–Crippen MR) is 92.2 cm³/mol. The Morgan fingerprint density at radius 1 is 1.08 bits per heavy atom. The second-order valence-electron chi connectivity index (χ2n) is 6.04. The van der Waals surface area contributed by atoms with E-state index in [1.54, 1.807) is 0 Å². The fourth-order valence-electron chi connectivity index (χ4n) is 2.59. The van der Waals surface area contributed by atoms with E-state index in [1.807, 2.05) is 68.4 Å². The highest BCUT2D eigenvalue weighted by Crippen LogP contribution is 2.22. The monoisotopic (exact) mass is 323 g/mol. The number of benzene rings is 2. The number of aromatic nitrogens is 2. The number of hydrogen-bond acceptors (Lipinski definition) is 5. The first-order valence-electron chi connectivity index (χ1n) is 7.92. The van der Waals surface area contributed by atoms with Gasteiger partial charge in [0, 0.05) is 5.56 Å². The van der Waals surface area contributed by atoms with Crippen molar-refractivity contribution < 1.29 is 9.63 Å². The molecule has 2 aromatic carbocycles. The highest BCUT2D eigenvalue weighted by molar-refractivity contribution is 5.58. The number of aryl methyl sites for hydroxylation is 1. The van der Waals surface area contributed by atoms with Crippen LogP contribution in [0.1, 0.15) is 23.9 Å². The number of aliphatic hydroxyl groups excluding tert-OH is 1. The Morgan fingerprint density at radius 2 is 1.79 bits per heavy atom. The van der Waals surface area contributed by atoms with Crippen LogP contribution in [-0.4, -0.2) is 21.9 Å². The molecule has 0 aliphatic rings. The lowest BCUT2D eigenvalue weighted by Gasteiger charge is -2.28. The van der Waals surface area contributed by atoms with Crippen LogP contribution in [0.4, 0.5) is 0 Å². The third-order valence-corrected chi connectivity index (χ3v) is 4.21. The molecule has 0 spiro atoms. The Balaban J connectivity index is 1.74. The van der Waals surface area contributed by atoms with Gasteiger partial charge in [-0.2, -0.15) is 4.98 Å². The van der Waals surface area contributed by atoms with Crippen LogP contribution in [-0.2, 0) is 12.1 Å². The molecule has 5 heteroatoms. The zero-order valence-electron chi connectivity index (χ0n) is 13.9. The summed E-state index contributed by atoms with van der Waals surface area (Å²) in [5.41, 5.74) is 2.49. The standard InChI is InChI=1S/C19H21N3O2/c1-14-8-6-7-11-16(14)18-21-17(24-22-18)12-20-19(2,13-23)15-9-4-3-5-10-15/h3-11,20,23H,12-13H2,1-2H3/t19-/m0/s1. The van der Waals surface area contributed by atoms with Gasteiger partial charge in [-0.1, -0.05) is 59.8 Å². The van der Waals surface area contributed by atoms with Gasteiger partial charge in [0.25, 0.3) is 0 Å². The molecule has 0 unspecified atom stereocenters. The molecule has 5 nitrogen and oxygen atoms in total. The van der Waals surface area contributed by atoms with Gasteiger partial charge in [-0.3, -0.25) is 5.32 Å². The van der Waals surface area contributed by atoms with E-state index in [2.05, 4.69) is 15.5 Å². The van der Waals surface area contributed by atoms with Crippen LogP contribution in [0.25, 0.3) is 11.4 Å². The Morgan fingerprint density at radius 3 is 2.50 bits per heavy atom. The van der Waals surface area contributed by atoms with Gasteiger partial charge in [0.15, 0.2) is 0 Å². The third kappa shape index (κ3) is 3.37. The fourth-order valence-corrected chi connectivity index (χ4v) is 2.59. The van der Waals surface area contributed by atoms with Gasteiger partial charge in [-0.15, -0.1) is 0 Å². The third-order valence-electron chi connectivity index (χ3n) is 4.21. The van der Waals surface area contributed by atoms with Crippen molar-refractivity contribution in [3.05, 3.63) is 71.6 Å². The molecule has 0 amide bonds. The van der Waals surface area contributed by atoms with Gasteiger partial charge < -0.3 is 9.63 Å². The average Bonchev–Trinajstić information content (AvgIpc) is 3.10. The van der Waals surface area contributed by atoms with Crippen molar-refractivity contribution in [3.8, 4) is 11.4 Å². The van der Waals surface area contributed by atoms with E-state index in [1.165, 1.54) is 0 Å². The Kier molecular flexibility index (Phi) is 4.74. The minimum atomic E-state index is -0.571. The molecule has 1 atom stereocenters. The first kappa shape index (κ1) is 16.4. The quantitative estimate of drug-likeness (QED) is 0.729. The molecule has 3 aromatic rings. The maximum absolute atomic E-state index is 9.81. The van der Waals surface area contributed by atoms with Crippen molar-refractivity contribution in [1.29, 1.82) is 0 Å². The van der Waals surface area contributed by atoms with Crippen molar-refractivity contribution in [2.75, 3.05) is 6.61 Å². The molecule has 0 aliphatic carbocycles. The summed E-state index contributed by atoms with van der Waals surface area (Å²) in [6.45, 7) is 4.31. The summed E-state index contributed by atoms with van der Waals surface area (Å²) in [7, 11) is 0. The van der Waals surface area contributed by atoms with Crippen molar-refractivity contribution in [2.45, 2.75) is 25.9 Å². The largest absolute Gasteiger partial charge is 0.394 e. The molecule has 0 aliphatic heterocycles. The zero-order valence-corrected chi connectivity index (χ0v) is 13.9. The van der Waals surface area contributed by atoms with E-state index in [4.69, 9.17) is 4.52 Å². The summed E-state index contributed by atoms with van der Waals surface area (Å²) >= 11 is 0. The normalized spacial score (nSPS) is 13.6. The van der Waals surface area contributed by atoms with Crippen LogP contribution >= 0.6 is 0 Å². The van der Waals surface area contributed by atoms with Crippen LogP contribution in [0.2, 0.25) is 0 Å². The van der Waals surface area contributed by atoms with E-state index < -0.39 is 5.54 Å². The highest BCUT2D eigenvalue weighted by Gasteiger charge is 2.25. The van der Waals surface area contributed by atoms with Crippen molar-refractivity contribution in [1.82, 2.24) is 15.5 Å². The molecular formula is C19H21N3O2. The van der Waals surface area contributed by atoms with Crippen LogP contribution in [0.5, 0.6) is 0 Å². The van der Waals surface area contributed by atoms with E-state index in [0.717, 1.165) is 16.7 Å². The minimum absolute atomic E-state index is 0.0319. The summed E-state index contributed by atoms with van der Waals surface area (Å²) < 4.78 is 5.34. The zero-order chi connectivity index (χ0) is 17.0. The molecule has 1 aromatic heterocycles. The minimum Gasteiger partial charge on any atom is -0.394 e. The van der Waals surface area contributed by atoms with Gasteiger partial charge in [0.2, 0.25) is 11.7 Å². The van der Waals surface area contributed by atoms with Crippen LogP contribution in [0.15, 0.2) is 59.1 Å². The lowest BCUT2D eigenvalue weighted by atomic mass is 9.93. The second kappa shape index (κ2) is 6.95. The Labute approximate surface area is 141 Å². The van der Waals surface area contributed by atoms with Gasteiger partial charge in [-0.05, 0) is 25.0 Å². The van der Waals surface area contributed by atoms with Crippen LogP contribution in [0, 0.1) is 6.92 Å². The smallest absolute Gasteiger partial charge is 0.240 e. The van der Waals surface area contributed by atoms with Gasteiger partial charge in [-0.25, -0.2) is 0 Å². The number of nitrogens with zero attached hydrogens (tertiary/aromatic N) is 2. The number of nitrogens with one attached hydrogen (secondary N) is 1. The van der Waals surface area contributed by atoms with E-state index in [-0.39, 0.29) is 6.61 Å². The summed E-state index contributed by atoms with van der Waals surface area (Å²) in [4.78, 5) is 4.45. The Bertz CT molecular complexity index is 801. The molecule has 0 saturated carbocycles. The molecule has 0 bridgehead atoms. The summed E-state index contributed by atoms with van der Waals surface area (Å²) in [5, 5.41) is 17.2. The number of hydrogen-bond donors (Lipinski definition) is 2. The molecule has 3 rings (SSSR count). The lowest BCUT2D eigenvalue weighted by molar-refractivity contribution is 0.168. The molecule has 0 fully saturated rings. The van der Waals surface area contributed by atoms with Gasteiger partial charge >= 0.3 is 0 Å². The van der Waals surface area contributed by atoms with Gasteiger partial charge in [0.1, 0.15) is 0 Å². The first-order chi connectivity index (χ1) is 11.6. The fraction of sp³-hybridized carbons (Fsp3) is 0.263. The molecule has 1 heterocycles. The van der Waals surface area contributed by atoms with Crippen molar-refractivity contribution >= 4 is 0 Å². The maximum atomic E-state index is 9.81. The predicted octanol–water partition coefficient (Wildman–Crippen LogP) is 3.04. The summed E-state index contributed by atoms with van der Waals surface area (Å²) in [6, 6.07) is 17.7. The van der Waals surface area contributed by atoms with Gasteiger partial charge in [0.05, 0.1) is 18.7 Å². The van der Waals surface area contributed by atoms with Crippen molar-refractivity contribution in [3.63, 3.8) is 0 Å². The van der Waals surface area contributed by atoms with E-state index in [0.29, 0.717) is 18.3 Å². The first-order valence-corrected chi connectivity index (χ1v) is 7.92. The molecule has 2 N–H and O–H groups in total. The van der Waals surface area contributed by atoms with Crippen LogP contribution in [0.3, 0.4) is 0 Å². The van der Waals surface area contributed by atoms with E-state index in [9.17, 15) is 5.11 Å². The molecule has 24 heavy (non-hydrogen) atoms. The maximum Gasteiger partial charge on any atom is 0.240 e. The summed E-state index contributed by atoms with van der Waals surface area (Å²) in [5.74, 6) is 1.07. The second-order valence-corrected chi connectivity index (χ2v) is 6.04. The number of aliphatic hydroxyl groups is 1. The Hall–Kier alpha value is -2.50.